The first-order chi connectivity index (χ1) is 13.7. The summed E-state index contributed by atoms with van der Waals surface area (Å²) in [6, 6.07) is 10.3. The fraction of sp³-hybridized carbons (Fsp3) is 0.200. The van der Waals surface area contributed by atoms with E-state index in [-0.39, 0.29) is 24.8 Å². The molecule has 0 radical (unpaired) electrons. The highest BCUT2D eigenvalue weighted by Gasteiger charge is 2.17. The average molecular weight is 380 g/mol. The summed E-state index contributed by atoms with van der Waals surface area (Å²) in [5.41, 5.74) is 1.26. The minimum absolute atomic E-state index is 0.0903. The van der Waals surface area contributed by atoms with Crippen molar-refractivity contribution in [3.05, 3.63) is 57.9 Å². The normalized spacial score (nSPS) is 14.1. The first-order valence-corrected chi connectivity index (χ1v) is 8.81. The molecule has 2 N–H and O–H groups in total. The van der Waals surface area contributed by atoms with Crippen molar-refractivity contribution in [2.24, 2.45) is 0 Å². The number of hydrogen-bond acceptors (Lipinski definition) is 6. The van der Waals surface area contributed by atoms with E-state index >= 15 is 0 Å². The van der Waals surface area contributed by atoms with Crippen LogP contribution < -0.4 is 29.8 Å². The number of benzene rings is 2. The summed E-state index contributed by atoms with van der Waals surface area (Å²) in [6.45, 7) is 1.20. The van der Waals surface area contributed by atoms with Crippen molar-refractivity contribution in [3.8, 4) is 23.0 Å². The second kappa shape index (κ2) is 6.49. The number of aromatic nitrogens is 1. The molecule has 0 aliphatic carbocycles. The Bertz CT molecular complexity index is 1150. The lowest BCUT2D eigenvalue weighted by molar-refractivity contribution is 0.0950. The van der Waals surface area contributed by atoms with Gasteiger partial charge in [-0.2, -0.15) is 0 Å². The fourth-order valence-corrected chi connectivity index (χ4v) is 3.23. The van der Waals surface area contributed by atoms with E-state index in [2.05, 4.69) is 10.3 Å². The highest BCUT2D eigenvalue weighted by Crippen LogP contribution is 2.34. The molecule has 1 amide bonds. The summed E-state index contributed by atoms with van der Waals surface area (Å²) in [7, 11) is 0. The minimum atomic E-state index is -0.306. The van der Waals surface area contributed by atoms with Crippen LogP contribution in [0.4, 0.5) is 0 Å². The topological polar surface area (TPSA) is 98.9 Å². The first kappa shape index (κ1) is 16.5. The number of hydrogen-bond donors (Lipinski definition) is 2. The van der Waals surface area contributed by atoms with Crippen molar-refractivity contribution in [1.82, 2.24) is 10.3 Å². The maximum Gasteiger partial charge on any atom is 0.253 e. The van der Waals surface area contributed by atoms with Gasteiger partial charge in [0.1, 0.15) is 13.2 Å². The summed E-state index contributed by atoms with van der Waals surface area (Å²) in [6.07, 6.45) is 0. The van der Waals surface area contributed by atoms with Crippen molar-refractivity contribution in [2.75, 3.05) is 20.0 Å². The monoisotopic (exact) mass is 380 g/mol. The first-order valence-electron chi connectivity index (χ1n) is 8.81. The van der Waals surface area contributed by atoms with Crippen LogP contribution in [0.25, 0.3) is 10.9 Å². The number of amides is 1. The van der Waals surface area contributed by atoms with Crippen LogP contribution in [-0.4, -0.2) is 30.9 Å². The number of rotatable bonds is 3. The van der Waals surface area contributed by atoms with Gasteiger partial charge in [0, 0.05) is 29.1 Å². The summed E-state index contributed by atoms with van der Waals surface area (Å²) >= 11 is 0. The number of carbonyl (C=O) groups excluding carboxylic acids is 1. The van der Waals surface area contributed by atoms with Crippen LogP contribution in [0.3, 0.4) is 0 Å². The third-order valence-corrected chi connectivity index (χ3v) is 4.66. The van der Waals surface area contributed by atoms with Gasteiger partial charge >= 0.3 is 0 Å². The van der Waals surface area contributed by atoms with Crippen molar-refractivity contribution >= 4 is 16.8 Å². The fourth-order valence-electron chi connectivity index (χ4n) is 3.23. The van der Waals surface area contributed by atoms with Crippen LogP contribution in [0.1, 0.15) is 15.9 Å². The van der Waals surface area contributed by atoms with Gasteiger partial charge < -0.3 is 29.2 Å². The molecule has 2 aromatic carbocycles. The number of nitrogens with one attached hydrogen (secondary N) is 2. The average Bonchev–Trinajstić information content (AvgIpc) is 3.18. The molecule has 0 unspecified atom stereocenters. The lowest BCUT2D eigenvalue weighted by atomic mass is 10.1. The molecule has 0 fully saturated rings. The van der Waals surface area contributed by atoms with E-state index in [0.717, 1.165) is 5.39 Å². The number of pyridine rings is 1. The molecule has 8 nitrogen and oxygen atoms in total. The lowest BCUT2D eigenvalue weighted by Gasteiger charge is -2.18. The molecular weight excluding hydrogens is 364 g/mol. The van der Waals surface area contributed by atoms with Crippen LogP contribution in [0.15, 0.2) is 41.2 Å². The zero-order valence-electron chi connectivity index (χ0n) is 14.7. The maximum atomic E-state index is 12.4. The Hall–Kier alpha value is -3.68. The molecular formula is C20H16N2O6. The summed E-state index contributed by atoms with van der Waals surface area (Å²) < 4.78 is 21.6. The molecule has 0 atom stereocenters. The molecule has 0 spiro atoms. The molecule has 0 bridgehead atoms. The summed E-state index contributed by atoms with van der Waals surface area (Å²) in [5, 5.41) is 3.57. The summed E-state index contributed by atoms with van der Waals surface area (Å²) in [4.78, 5) is 27.6. The third-order valence-electron chi connectivity index (χ3n) is 4.66. The Morgan fingerprint density at radius 3 is 2.54 bits per heavy atom. The Balaban J connectivity index is 1.38. The Morgan fingerprint density at radius 1 is 0.929 bits per heavy atom. The van der Waals surface area contributed by atoms with E-state index in [1.54, 1.807) is 30.3 Å². The van der Waals surface area contributed by atoms with Gasteiger partial charge in [-0.25, -0.2) is 0 Å². The Morgan fingerprint density at radius 2 is 1.68 bits per heavy atom. The van der Waals surface area contributed by atoms with E-state index in [9.17, 15) is 9.59 Å². The number of H-pyrrole nitrogens is 1. The number of carbonyl (C=O) groups is 1. The van der Waals surface area contributed by atoms with Crippen LogP contribution in [0.5, 0.6) is 23.0 Å². The number of aromatic amines is 1. The largest absolute Gasteiger partial charge is 0.486 e. The standard InChI is InChI=1S/C20H16N2O6/c23-19(11-1-2-15-16(6-11)28-10-27-15)21-9-13-5-12-7-17-18(26-4-3-25-17)8-14(12)22-20(13)24/h1-2,5-8H,3-4,9-10H2,(H,21,23)(H,22,24). The van der Waals surface area contributed by atoms with E-state index in [1.165, 1.54) is 0 Å². The van der Waals surface area contributed by atoms with Crippen LogP contribution >= 0.6 is 0 Å². The van der Waals surface area contributed by atoms with Crippen molar-refractivity contribution in [2.45, 2.75) is 6.54 Å². The van der Waals surface area contributed by atoms with E-state index in [0.29, 0.717) is 52.9 Å². The minimum Gasteiger partial charge on any atom is -0.486 e. The number of fused-ring (bicyclic) bond motifs is 3. The van der Waals surface area contributed by atoms with E-state index < -0.39 is 0 Å². The Labute approximate surface area is 159 Å². The van der Waals surface area contributed by atoms with Gasteiger partial charge in [0.15, 0.2) is 23.0 Å². The second-order valence-corrected chi connectivity index (χ2v) is 6.46. The highest BCUT2D eigenvalue weighted by molar-refractivity contribution is 5.95. The zero-order valence-corrected chi connectivity index (χ0v) is 14.7. The molecule has 3 aromatic rings. The van der Waals surface area contributed by atoms with Gasteiger partial charge in [0.2, 0.25) is 6.79 Å². The molecule has 2 aliphatic heterocycles. The molecule has 8 heteroatoms. The van der Waals surface area contributed by atoms with Gasteiger partial charge in [-0.15, -0.1) is 0 Å². The second-order valence-electron chi connectivity index (χ2n) is 6.46. The molecule has 1 aromatic heterocycles. The maximum absolute atomic E-state index is 12.4. The molecule has 2 aliphatic rings. The number of ether oxygens (including phenoxy) is 4. The quantitative estimate of drug-likeness (QED) is 0.721. The molecule has 0 saturated heterocycles. The van der Waals surface area contributed by atoms with Crippen molar-refractivity contribution in [3.63, 3.8) is 0 Å². The smallest absolute Gasteiger partial charge is 0.253 e. The van der Waals surface area contributed by atoms with Gasteiger partial charge in [-0.1, -0.05) is 0 Å². The van der Waals surface area contributed by atoms with Crippen molar-refractivity contribution < 1.29 is 23.7 Å². The van der Waals surface area contributed by atoms with Crippen LogP contribution in [0.2, 0.25) is 0 Å². The van der Waals surface area contributed by atoms with Gasteiger partial charge in [0.25, 0.3) is 11.5 Å². The predicted octanol–water partition coefficient (Wildman–Crippen LogP) is 1.96. The van der Waals surface area contributed by atoms with E-state index in [4.69, 9.17) is 18.9 Å². The highest BCUT2D eigenvalue weighted by atomic mass is 16.7. The SMILES string of the molecule is O=C(NCc1cc2cc3c(cc2[nH]c1=O)OCCO3)c1ccc2c(c1)OCO2. The van der Waals surface area contributed by atoms with Gasteiger partial charge in [-0.3, -0.25) is 9.59 Å². The van der Waals surface area contributed by atoms with E-state index in [1.807, 2.05) is 6.07 Å². The van der Waals surface area contributed by atoms with Crippen LogP contribution in [-0.2, 0) is 6.54 Å². The predicted molar refractivity (Wildman–Crippen MR) is 99.3 cm³/mol. The Kier molecular flexibility index (Phi) is 3.82. The zero-order chi connectivity index (χ0) is 19.1. The molecule has 142 valence electrons. The molecule has 28 heavy (non-hydrogen) atoms. The molecule has 0 saturated carbocycles. The van der Waals surface area contributed by atoms with Crippen molar-refractivity contribution in [1.29, 1.82) is 0 Å². The summed E-state index contributed by atoms with van der Waals surface area (Å²) in [5.74, 6) is 2.08. The molecule has 5 rings (SSSR count). The van der Waals surface area contributed by atoms with Gasteiger partial charge in [-0.05, 0) is 30.3 Å². The third kappa shape index (κ3) is 2.88. The lowest BCUT2D eigenvalue weighted by Crippen LogP contribution is -2.26. The molecule has 3 heterocycles. The van der Waals surface area contributed by atoms with Gasteiger partial charge in [0.05, 0.1) is 5.52 Å². The van der Waals surface area contributed by atoms with Crippen LogP contribution in [0, 0.1) is 0 Å².